The van der Waals surface area contributed by atoms with Gasteiger partial charge in [0.05, 0.1) is 6.61 Å². The number of ether oxygens (including phenoxy) is 1. The van der Waals surface area contributed by atoms with Crippen LogP contribution in [0.1, 0.15) is 35.5 Å². The normalized spacial score (nSPS) is 10.5. The maximum Gasteiger partial charge on any atom is 0.344 e. The van der Waals surface area contributed by atoms with Crippen LogP contribution in [0.25, 0.3) is 11.3 Å². The summed E-state index contributed by atoms with van der Waals surface area (Å²) in [7, 11) is 0. The summed E-state index contributed by atoms with van der Waals surface area (Å²) in [6, 6.07) is 7.86. The van der Waals surface area contributed by atoms with E-state index in [1.54, 1.807) is 13.8 Å². The molecule has 4 heteroatoms. The first-order valence-corrected chi connectivity index (χ1v) is 6.40. The number of carbonyl (C=O) groups is 1. The molecule has 0 amide bonds. The first-order valence-electron chi connectivity index (χ1n) is 6.40. The van der Waals surface area contributed by atoms with Crippen molar-refractivity contribution in [2.75, 3.05) is 6.61 Å². The topological polar surface area (TPSA) is 52.3 Å². The Morgan fingerprint density at radius 2 is 2.05 bits per heavy atom. The lowest BCUT2D eigenvalue weighted by molar-refractivity contribution is 0.0525. The summed E-state index contributed by atoms with van der Waals surface area (Å²) in [5, 5.41) is 4.02. The molecule has 0 bridgehead atoms. The van der Waals surface area contributed by atoms with Crippen LogP contribution in [-0.4, -0.2) is 17.7 Å². The second-order valence-electron chi connectivity index (χ2n) is 4.19. The zero-order valence-electron chi connectivity index (χ0n) is 11.4. The van der Waals surface area contributed by atoms with Gasteiger partial charge in [-0.1, -0.05) is 36.3 Å². The highest BCUT2D eigenvalue weighted by Gasteiger charge is 2.23. The molecule has 0 aliphatic rings. The summed E-state index contributed by atoms with van der Waals surface area (Å²) in [6.45, 7) is 5.89. The Morgan fingerprint density at radius 3 is 2.74 bits per heavy atom. The van der Waals surface area contributed by atoms with Crippen LogP contribution >= 0.6 is 0 Å². The lowest BCUT2D eigenvalue weighted by atomic mass is 9.99. The molecule has 1 aromatic carbocycles. The molecule has 100 valence electrons. The van der Waals surface area contributed by atoms with Crippen LogP contribution in [0.15, 0.2) is 28.8 Å². The molecule has 0 radical (unpaired) electrons. The third kappa shape index (κ3) is 2.52. The fraction of sp³-hybridized carbons (Fsp3) is 0.333. The first kappa shape index (κ1) is 13.3. The van der Waals surface area contributed by atoms with Crippen LogP contribution in [0.2, 0.25) is 0 Å². The van der Waals surface area contributed by atoms with E-state index in [9.17, 15) is 4.79 Å². The van der Waals surface area contributed by atoms with E-state index in [4.69, 9.17) is 9.26 Å². The van der Waals surface area contributed by atoms with Crippen LogP contribution in [0.5, 0.6) is 0 Å². The molecular weight excluding hydrogens is 242 g/mol. The molecule has 19 heavy (non-hydrogen) atoms. The maximum absolute atomic E-state index is 12.0. The van der Waals surface area contributed by atoms with Crippen LogP contribution in [-0.2, 0) is 11.2 Å². The Morgan fingerprint density at radius 1 is 1.32 bits per heavy atom. The molecule has 0 atom stereocenters. The molecule has 0 saturated carbocycles. The van der Waals surface area contributed by atoms with Crippen molar-refractivity contribution in [1.29, 1.82) is 0 Å². The van der Waals surface area contributed by atoms with E-state index in [-0.39, 0.29) is 5.97 Å². The Labute approximate surface area is 112 Å². The van der Waals surface area contributed by atoms with Gasteiger partial charge < -0.3 is 9.26 Å². The molecule has 2 rings (SSSR count). The molecule has 0 aliphatic carbocycles. The largest absolute Gasteiger partial charge is 0.462 e. The van der Waals surface area contributed by atoms with Crippen molar-refractivity contribution in [2.45, 2.75) is 27.2 Å². The highest BCUT2D eigenvalue weighted by molar-refractivity contribution is 5.97. The van der Waals surface area contributed by atoms with Crippen molar-refractivity contribution >= 4 is 5.97 Å². The smallest absolute Gasteiger partial charge is 0.344 e. The molecule has 0 saturated heterocycles. The standard InChI is InChI=1S/C15H17NO3/c1-4-11-8-6-7-9-12(11)14-13(10(3)19-16-14)15(17)18-5-2/h6-9H,4-5H2,1-3H3. The highest BCUT2D eigenvalue weighted by atomic mass is 16.5. The minimum Gasteiger partial charge on any atom is -0.462 e. The third-order valence-electron chi connectivity index (χ3n) is 3.00. The van der Waals surface area contributed by atoms with Crippen molar-refractivity contribution < 1.29 is 14.1 Å². The number of nitrogens with zero attached hydrogens (tertiary/aromatic N) is 1. The van der Waals surface area contributed by atoms with E-state index in [1.807, 2.05) is 24.3 Å². The lowest BCUT2D eigenvalue weighted by Crippen LogP contribution is -2.07. The molecule has 4 nitrogen and oxygen atoms in total. The van der Waals surface area contributed by atoms with E-state index in [0.717, 1.165) is 17.5 Å². The Balaban J connectivity index is 2.54. The van der Waals surface area contributed by atoms with Crippen molar-refractivity contribution in [3.63, 3.8) is 0 Å². The zero-order chi connectivity index (χ0) is 13.8. The molecule has 0 unspecified atom stereocenters. The van der Waals surface area contributed by atoms with E-state index in [2.05, 4.69) is 12.1 Å². The van der Waals surface area contributed by atoms with Gasteiger partial charge in [0.2, 0.25) is 0 Å². The second-order valence-corrected chi connectivity index (χ2v) is 4.19. The van der Waals surface area contributed by atoms with Gasteiger partial charge in [-0.15, -0.1) is 0 Å². The maximum atomic E-state index is 12.0. The number of carbonyl (C=O) groups excluding carboxylic acids is 1. The number of aryl methyl sites for hydroxylation is 2. The number of rotatable bonds is 4. The van der Waals surface area contributed by atoms with Crippen molar-refractivity contribution in [3.05, 3.63) is 41.2 Å². The zero-order valence-corrected chi connectivity index (χ0v) is 11.4. The average molecular weight is 259 g/mol. The number of aromatic nitrogens is 1. The van der Waals surface area contributed by atoms with Gasteiger partial charge in [-0.3, -0.25) is 0 Å². The molecule has 0 fully saturated rings. The number of hydrogen-bond acceptors (Lipinski definition) is 4. The van der Waals surface area contributed by atoms with Gasteiger partial charge >= 0.3 is 5.97 Å². The Kier molecular flexibility index (Phi) is 4.00. The summed E-state index contributed by atoms with van der Waals surface area (Å²) in [6.07, 6.45) is 0.865. The predicted octanol–water partition coefficient (Wildman–Crippen LogP) is 3.39. The van der Waals surface area contributed by atoms with Gasteiger partial charge in [-0.05, 0) is 25.8 Å². The van der Waals surface area contributed by atoms with Crippen molar-refractivity contribution in [1.82, 2.24) is 5.16 Å². The summed E-state index contributed by atoms with van der Waals surface area (Å²) < 4.78 is 10.2. The highest BCUT2D eigenvalue weighted by Crippen LogP contribution is 2.29. The summed E-state index contributed by atoms with van der Waals surface area (Å²) >= 11 is 0. The van der Waals surface area contributed by atoms with Crippen LogP contribution in [0, 0.1) is 6.92 Å². The van der Waals surface area contributed by atoms with Crippen LogP contribution in [0.4, 0.5) is 0 Å². The number of esters is 1. The SMILES string of the molecule is CCOC(=O)c1c(-c2ccccc2CC)noc1C. The quantitative estimate of drug-likeness (QED) is 0.790. The lowest BCUT2D eigenvalue weighted by Gasteiger charge is -2.06. The van der Waals surface area contributed by atoms with E-state index in [1.165, 1.54) is 0 Å². The van der Waals surface area contributed by atoms with E-state index >= 15 is 0 Å². The van der Waals surface area contributed by atoms with Gasteiger partial charge in [-0.2, -0.15) is 0 Å². The first-order chi connectivity index (χ1) is 9.19. The monoisotopic (exact) mass is 259 g/mol. The predicted molar refractivity (Wildman–Crippen MR) is 72.0 cm³/mol. The molecule has 2 aromatic rings. The molecule has 0 aliphatic heterocycles. The van der Waals surface area contributed by atoms with Gasteiger partial charge in [0.25, 0.3) is 0 Å². The fourth-order valence-corrected chi connectivity index (χ4v) is 2.06. The van der Waals surface area contributed by atoms with Gasteiger partial charge in [0.15, 0.2) is 0 Å². The molecule has 0 N–H and O–H groups in total. The van der Waals surface area contributed by atoms with Crippen molar-refractivity contribution in [2.24, 2.45) is 0 Å². The summed E-state index contributed by atoms with van der Waals surface area (Å²) in [5.74, 6) is 0.0986. The molecular formula is C15H17NO3. The third-order valence-corrected chi connectivity index (χ3v) is 3.00. The molecule has 1 heterocycles. The Hall–Kier alpha value is -2.10. The average Bonchev–Trinajstić information content (AvgIpc) is 2.80. The fourth-order valence-electron chi connectivity index (χ4n) is 2.06. The summed E-state index contributed by atoms with van der Waals surface area (Å²) in [4.78, 5) is 12.0. The van der Waals surface area contributed by atoms with Crippen LogP contribution < -0.4 is 0 Å². The molecule has 1 aromatic heterocycles. The van der Waals surface area contributed by atoms with Gasteiger partial charge in [0, 0.05) is 5.56 Å². The van der Waals surface area contributed by atoms with Crippen molar-refractivity contribution in [3.8, 4) is 11.3 Å². The molecule has 0 spiro atoms. The van der Waals surface area contributed by atoms with E-state index < -0.39 is 0 Å². The van der Waals surface area contributed by atoms with E-state index in [0.29, 0.717) is 23.6 Å². The van der Waals surface area contributed by atoms with Gasteiger partial charge in [-0.25, -0.2) is 4.79 Å². The number of benzene rings is 1. The Bertz CT molecular complexity index is 587. The second kappa shape index (κ2) is 5.69. The number of hydrogen-bond donors (Lipinski definition) is 0. The summed E-state index contributed by atoms with van der Waals surface area (Å²) in [5.41, 5.74) is 3.03. The van der Waals surface area contributed by atoms with Gasteiger partial charge in [0.1, 0.15) is 17.0 Å². The van der Waals surface area contributed by atoms with Crippen LogP contribution in [0.3, 0.4) is 0 Å². The minimum atomic E-state index is -0.387. The minimum absolute atomic E-state index is 0.332.